The van der Waals surface area contributed by atoms with Crippen LogP contribution in [0.25, 0.3) is 23.0 Å². The molecule has 2 aliphatic rings. The van der Waals surface area contributed by atoms with Crippen LogP contribution in [0.1, 0.15) is 19.4 Å². The van der Waals surface area contributed by atoms with E-state index in [-0.39, 0.29) is 61.1 Å². The molecule has 47 heavy (non-hydrogen) atoms. The lowest BCUT2D eigenvalue weighted by molar-refractivity contribution is -0.142. The lowest BCUT2D eigenvalue weighted by atomic mass is 9.93. The monoisotopic (exact) mass is 659 g/mol. The Labute approximate surface area is 272 Å². The van der Waals surface area contributed by atoms with Crippen molar-refractivity contribution >= 4 is 33.9 Å². The number of para-hydroxylation sites is 1. The SMILES string of the molecule is CC(=O)OCCOCCN1C(=O)C(C#N)=C(C)/C(=C\c2cn(-c3ccccc3)nc2-c2cccc(S(=O)(=O)N3CCOCC3)c2)C1=O. The van der Waals surface area contributed by atoms with Crippen molar-refractivity contribution in [1.29, 1.82) is 5.26 Å². The minimum Gasteiger partial charge on any atom is -0.463 e. The Morgan fingerprint density at radius 1 is 1.04 bits per heavy atom. The molecule has 1 aromatic heterocycles. The van der Waals surface area contributed by atoms with E-state index in [1.807, 2.05) is 36.4 Å². The summed E-state index contributed by atoms with van der Waals surface area (Å²) < 4.78 is 45.5. The van der Waals surface area contributed by atoms with Gasteiger partial charge in [0.2, 0.25) is 10.0 Å². The molecule has 244 valence electrons. The van der Waals surface area contributed by atoms with E-state index in [0.717, 1.165) is 10.6 Å². The summed E-state index contributed by atoms with van der Waals surface area (Å²) >= 11 is 0. The normalized spacial score (nSPS) is 16.9. The van der Waals surface area contributed by atoms with Gasteiger partial charge in [0.25, 0.3) is 11.8 Å². The van der Waals surface area contributed by atoms with Crippen LogP contribution in [-0.2, 0) is 38.6 Å². The van der Waals surface area contributed by atoms with E-state index in [4.69, 9.17) is 19.3 Å². The van der Waals surface area contributed by atoms with Gasteiger partial charge in [-0.05, 0) is 42.8 Å². The highest BCUT2D eigenvalue weighted by Crippen LogP contribution is 2.32. The van der Waals surface area contributed by atoms with E-state index in [1.165, 1.54) is 24.2 Å². The zero-order valence-electron chi connectivity index (χ0n) is 25.9. The molecule has 0 aliphatic carbocycles. The van der Waals surface area contributed by atoms with Gasteiger partial charge in [0.05, 0.1) is 43.6 Å². The lowest BCUT2D eigenvalue weighted by Crippen LogP contribution is -2.44. The van der Waals surface area contributed by atoms with Gasteiger partial charge in [0, 0.05) is 42.9 Å². The average molecular weight is 660 g/mol. The Morgan fingerprint density at radius 2 is 1.79 bits per heavy atom. The van der Waals surface area contributed by atoms with Gasteiger partial charge in [-0.15, -0.1) is 0 Å². The van der Waals surface area contributed by atoms with Crippen molar-refractivity contribution < 1.29 is 37.0 Å². The number of nitrogens with zero attached hydrogens (tertiary/aromatic N) is 5. The van der Waals surface area contributed by atoms with Crippen LogP contribution in [-0.4, -0.2) is 97.9 Å². The molecule has 2 aliphatic heterocycles. The fraction of sp³-hybridized carbons (Fsp3) is 0.303. The van der Waals surface area contributed by atoms with Crippen LogP contribution >= 0.6 is 0 Å². The van der Waals surface area contributed by atoms with Gasteiger partial charge in [-0.2, -0.15) is 14.7 Å². The minimum absolute atomic E-state index is 0.0218. The summed E-state index contributed by atoms with van der Waals surface area (Å²) in [5.41, 5.74) is 2.17. The highest BCUT2D eigenvalue weighted by Gasteiger charge is 2.35. The number of hydrogen-bond donors (Lipinski definition) is 0. The number of nitriles is 1. The molecule has 2 amide bonds. The molecule has 0 spiro atoms. The summed E-state index contributed by atoms with van der Waals surface area (Å²) in [5, 5.41) is 14.6. The van der Waals surface area contributed by atoms with Crippen LogP contribution in [0.3, 0.4) is 0 Å². The van der Waals surface area contributed by atoms with E-state index in [9.17, 15) is 28.1 Å². The molecule has 13 nitrogen and oxygen atoms in total. The smallest absolute Gasteiger partial charge is 0.302 e. The van der Waals surface area contributed by atoms with Crippen LogP contribution in [0.4, 0.5) is 0 Å². The zero-order chi connectivity index (χ0) is 33.6. The molecule has 5 rings (SSSR count). The number of hydrogen-bond acceptors (Lipinski definition) is 10. The van der Waals surface area contributed by atoms with Crippen molar-refractivity contribution in [2.45, 2.75) is 18.7 Å². The molecule has 2 aromatic carbocycles. The van der Waals surface area contributed by atoms with Gasteiger partial charge in [-0.3, -0.25) is 19.3 Å². The van der Waals surface area contributed by atoms with Crippen molar-refractivity contribution in [2.24, 2.45) is 0 Å². The minimum atomic E-state index is -3.81. The molecule has 0 saturated carbocycles. The van der Waals surface area contributed by atoms with Crippen molar-refractivity contribution in [2.75, 3.05) is 52.7 Å². The van der Waals surface area contributed by atoms with Gasteiger partial charge < -0.3 is 14.2 Å². The molecule has 0 unspecified atom stereocenters. The first-order valence-electron chi connectivity index (χ1n) is 14.9. The van der Waals surface area contributed by atoms with E-state index in [2.05, 4.69) is 0 Å². The van der Waals surface area contributed by atoms with E-state index < -0.39 is 27.8 Å². The number of aromatic nitrogens is 2. The first-order valence-corrected chi connectivity index (χ1v) is 16.3. The summed E-state index contributed by atoms with van der Waals surface area (Å²) in [6, 6.07) is 17.6. The molecule has 0 radical (unpaired) electrons. The van der Waals surface area contributed by atoms with E-state index in [0.29, 0.717) is 30.0 Å². The topological polar surface area (TPSA) is 161 Å². The third-order valence-electron chi connectivity index (χ3n) is 7.60. The Hall–Kier alpha value is -4.94. The number of morpholine rings is 1. The third-order valence-corrected chi connectivity index (χ3v) is 9.49. The summed E-state index contributed by atoms with van der Waals surface area (Å²) in [6.45, 7) is 3.83. The standard InChI is InChI=1S/C33H33N5O8S/c1-23-29(32(40)37(33(41)30(23)21-34)13-16-45-17-18-46-24(2)39)20-26-22-38(27-8-4-3-5-9-27)35-31(26)25-7-6-10-28(19-25)47(42,43)36-11-14-44-15-12-36/h3-10,19-20,22H,11-18H2,1-2H3/b29-20+. The third kappa shape index (κ3) is 7.39. The number of benzene rings is 2. The predicted octanol–water partition coefficient (Wildman–Crippen LogP) is 2.73. The van der Waals surface area contributed by atoms with E-state index >= 15 is 0 Å². The molecular weight excluding hydrogens is 626 g/mol. The second kappa shape index (κ2) is 14.7. The van der Waals surface area contributed by atoms with Crippen molar-refractivity contribution in [1.82, 2.24) is 19.0 Å². The highest BCUT2D eigenvalue weighted by molar-refractivity contribution is 7.89. The second-order valence-corrected chi connectivity index (χ2v) is 12.6. The number of ether oxygens (including phenoxy) is 3. The van der Waals surface area contributed by atoms with Gasteiger partial charge >= 0.3 is 5.97 Å². The number of rotatable bonds is 11. The highest BCUT2D eigenvalue weighted by atomic mass is 32.2. The largest absolute Gasteiger partial charge is 0.463 e. The van der Waals surface area contributed by atoms with Gasteiger partial charge in [0.1, 0.15) is 23.9 Å². The number of carbonyl (C=O) groups excluding carboxylic acids is 3. The number of carbonyl (C=O) groups is 3. The lowest BCUT2D eigenvalue weighted by Gasteiger charge is -2.27. The molecule has 14 heteroatoms. The van der Waals surface area contributed by atoms with Gasteiger partial charge in [-0.1, -0.05) is 30.3 Å². The predicted molar refractivity (Wildman–Crippen MR) is 169 cm³/mol. The quantitative estimate of drug-likeness (QED) is 0.130. The van der Waals surface area contributed by atoms with Gasteiger partial charge in [0.15, 0.2) is 0 Å². The first kappa shape index (κ1) is 33.4. The van der Waals surface area contributed by atoms with Crippen molar-refractivity contribution in [3.8, 4) is 23.0 Å². The molecule has 0 atom stereocenters. The Bertz CT molecular complexity index is 1890. The Balaban J connectivity index is 1.54. The number of esters is 1. The fourth-order valence-electron chi connectivity index (χ4n) is 5.16. The fourth-order valence-corrected chi connectivity index (χ4v) is 6.62. The van der Waals surface area contributed by atoms with Crippen LogP contribution in [0, 0.1) is 11.3 Å². The van der Waals surface area contributed by atoms with Crippen LogP contribution in [0.5, 0.6) is 0 Å². The maximum absolute atomic E-state index is 13.8. The molecule has 1 saturated heterocycles. The average Bonchev–Trinajstić information content (AvgIpc) is 3.51. The maximum atomic E-state index is 13.8. The Kier molecular flexibility index (Phi) is 10.4. The van der Waals surface area contributed by atoms with Crippen LogP contribution in [0.2, 0.25) is 0 Å². The van der Waals surface area contributed by atoms with Crippen LogP contribution < -0.4 is 0 Å². The van der Waals surface area contributed by atoms with Crippen LogP contribution in [0.15, 0.2) is 82.4 Å². The van der Waals surface area contributed by atoms with Crippen molar-refractivity contribution in [3.63, 3.8) is 0 Å². The van der Waals surface area contributed by atoms with Gasteiger partial charge in [-0.25, -0.2) is 13.1 Å². The first-order chi connectivity index (χ1) is 22.6. The summed E-state index contributed by atoms with van der Waals surface area (Å²) in [4.78, 5) is 38.9. The number of sulfonamides is 1. The Morgan fingerprint density at radius 3 is 2.49 bits per heavy atom. The van der Waals surface area contributed by atoms with E-state index in [1.54, 1.807) is 35.2 Å². The second-order valence-electron chi connectivity index (χ2n) is 10.6. The summed E-state index contributed by atoms with van der Waals surface area (Å²) in [5.74, 6) is -1.82. The number of amides is 2. The summed E-state index contributed by atoms with van der Waals surface area (Å²) in [6.07, 6.45) is 3.26. The molecule has 3 heterocycles. The molecule has 3 aromatic rings. The maximum Gasteiger partial charge on any atom is 0.302 e. The molecule has 0 N–H and O–H groups in total. The number of imide groups is 1. The van der Waals surface area contributed by atoms with Crippen molar-refractivity contribution in [3.05, 3.63) is 83.1 Å². The zero-order valence-corrected chi connectivity index (χ0v) is 26.7. The summed E-state index contributed by atoms with van der Waals surface area (Å²) in [7, 11) is -3.81. The molecular formula is C33H33N5O8S. The molecule has 0 bridgehead atoms. The molecule has 1 fully saturated rings.